The number of rotatable bonds is 4. The van der Waals surface area contributed by atoms with Crippen LogP contribution in [0.5, 0.6) is 0 Å². The molecule has 3 N–H and O–H groups in total. The van der Waals surface area contributed by atoms with Crippen molar-refractivity contribution < 1.29 is 17.9 Å². The van der Waals surface area contributed by atoms with Gasteiger partial charge in [-0.3, -0.25) is 9.52 Å². The average molecular weight is 350 g/mol. The van der Waals surface area contributed by atoms with Crippen molar-refractivity contribution in [3.8, 4) is 0 Å². The summed E-state index contributed by atoms with van der Waals surface area (Å²) in [6, 6.07) is 6.11. The highest BCUT2D eigenvalue weighted by atomic mass is 35.5. The minimum absolute atomic E-state index is 0. The maximum atomic E-state index is 12.2. The van der Waals surface area contributed by atoms with Crippen molar-refractivity contribution >= 4 is 39.7 Å². The van der Waals surface area contributed by atoms with Crippen LogP contribution in [0.1, 0.15) is 6.92 Å². The molecule has 0 unspecified atom stereocenters. The zero-order valence-corrected chi connectivity index (χ0v) is 14.0. The maximum Gasteiger partial charge on any atom is 0.244 e. The van der Waals surface area contributed by atoms with Crippen molar-refractivity contribution in [2.75, 3.05) is 29.4 Å². The quantitative estimate of drug-likeness (QED) is 0.747. The van der Waals surface area contributed by atoms with Gasteiger partial charge in [0.05, 0.1) is 24.7 Å². The number of nitrogens with one attached hydrogen (secondary N) is 3. The van der Waals surface area contributed by atoms with Crippen molar-refractivity contribution in [1.29, 1.82) is 0 Å². The van der Waals surface area contributed by atoms with E-state index in [9.17, 15) is 13.2 Å². The minimum Gasteiger partial charge on any atom is -0.375 e. The smallest absolute Gasteiger partial charge is 0.244 e. The number of amides is 1. The topological polar surface area (TPSA) is 96.5 Å². The summed E-state index contributed by atoms with van der Waals surface area (Å²) in [6.45, 7) is 3.04. The molecule has 0 aliphatic carbocycles. The summed E-state index contributed by atoms with van der Waals surface area (Å²) in [7, 11) is -3.35. The Morgan fingerprint density at radius 1 is 1.36 bits per heavy atom. The molecule has 7 nitrogen and oxygen atoms in total. The molecule has 124 valence electrons. The molecule has 1 heterocycles. The molecule has 1 aliphatic heterocycles. The zero-order valence-electron chi connectivity index (χ0n) is 12.3. The van der Waals surface area contributed by atoms with Crippen LogP contribution in [0.25, 0.3) is 0 Å². The standard InChI is InChI=1S/C13H19N3O4S.ClH/c1-9-12(14-6-7-20-9)13(17)15-10-4-3-5-11(8-10)16-21(2,18)19;/h3-5,8-9,12,14,16H,6-7H2,1-2H3,(H,15,17);1H/t9-,12+;/m1./s1. The summed E-state index contributed by atoms with van der Waals surface area (Å²) in [5.74, 6) is -0.210. The molecule has 0 bridgehead atoms. The fourth-order valence-corrected chi connectivity index (χ4v) is 2.68. The van der Waals surface area contributed by atoms with Gasteiger partial charge in [-0.2, -0.15) is 0 Å². The van der Waals surface area contributed by atoms with Gasteiger partial charge in [-0.1, -0.05) is 6.07 Å². The molecule has 2 atom stereocenters. The number of ether oxygens (including phenoxy) is 1. The minimum atomic E-state index is -3.35. The fraction of sp³-hybridized carbons (Fsp3) is 0.462. The molecule has 1 amide bonds. The molecular weight excluding hydrogens is 330 g/mol. The van der Waals surface area contributed by atoms with E-state index >= 15 is 0 Å². The number of sulfonamides is 1. The third-order valence-electron chi connectivity index (χ3n) is 3.03. The van der Waals surface area contributed by atoms with Gasteiger partial charge >= 0.3 is 0 Å². The van der Waals surface area contributed by atoms with E-state index in [0.717, 1.165) is 6.26 Å². The predicted octanol–water partition coefficient (Wildman–Crippen LogP) is 0.795. The summed E-state index contributed by atoms with van der Waals surface area (Å²) < 4.78 is 30.2. The van der Waals surface area contributed by atoms with Gasteiger partial charge in [0.2, 0.25) is 15.9 Å². The van der Waals surface area contributed by atoms with Crippen molar-refractivity contribution in [1.82, 2.24) is 5.32 Å². The maximum absolute atomic E-state index is 12.2. The van der Waals surface area contributed by atoms with Crippen molar-refractivity contribution in [3.05, 3.63) is 24.3 Å². The second-order valence-electron chi connectivity index (χ2n) is 4.95. The SMILES string of the molecule is C[C@H]1OCCN[C@@H]1C(=O)Nc1cccc(NS(C)(=O)=O)c1.Cl. The lowest BCUT2D eigenvalue weighted by molar-refractivity contribution is -0.123. The molecule has 1 saturated heterocycles. The number of morpholine rings is 1. The van der Waals surface area contributed by atoms with E-state index in [0.29, 0.717) is 24.5 Å². The van der Waals surface area contributed by atoms with E-state index < -0.39 is 16.1 Å². The Bertz CT molecular complexity index is 623. The first-order valence-electron chi connectivity index (χ1n) is 6.59. The Morgan fingerprint density at radius 2 is 2.05 bits per heavy atom. The molecule has 0 aromatic heterocycles. The predicted molar refractivity (Wildman–Crippen MR) is 88.0 cm³/mol. The van der Waals surface area contributed by atoms with Crippen LogP contribution in [-0.4, -0.2) is 45.9 Å². The largest absolute Gasteiger partial charge is 0.375 e. The summed E-state index contributed by atoms with van der Waals surface area (Å²) in [6.07, 6.45) is 0.861. The molecule has 0 radical (unpaired) electrons. The van der Waals surface area contributed by atoms with Crippen LogP contribution >= 0.6 is 12.4 Å². The lowest BCUT2D eigenvalue weighted by Gasteiger charge is -2.29. The van der Waals surface area contributed by atoms with Gasteiger partial charge in [0.1, 0.15) is 6.04 Å². The van der Waals surface area contributed by atoms with Gasteiger partial charge in [-0.25, -0.2) is 8.42 Å². The Balaban J connectivity index is 0.00000242. The number of hydrogen-bond donors (Lipinski definition) is 3. The Labute approximate surface area is 136 Å². The monoisotopic (exact) mass is 349 g/mol. The molecule has 1 fully saturated rings. The van der Waals surface area contributed by atoms with Gasteiger partial charge in [-0.15, -0.1) is 12.4 Å². The highest BCUT2D eigenvalue weighted by Crippen LogP contribution is 2.17. The Morgan fingerprint density at radius 3 is 2.68 bits per heavy atom. The van der Waals surface area contributed by atoms with E-state index in [1.165, 1.54) is 0 Å². The zero-order chi connectivity index (χ0) is 15.5. The highest BCUT2D eigenvalue weighted by Gasteiger charge is 2.28. The molecule has 0 saturated carbocycles. The Kier molecular flexibility index (Phi) is 6.61. The molecule has 1 aliphatic rings. The van der Waals surface area contributed by atoms with Crippen molar-refractivity contribution in [2.45, 2.75) is 19.1 Å². The molecule has 1 aromatic carbocycles. The van der Waals surface area contributed by atoms with Crippen LogP contribution in [-0.2, 0) is 19.6 Å². The molecule has 22 heavy (non-hydrogen) atoms. The molecule has 1 aromatic rings. The molecule has 0 spiro atoms. The van der Waals surface area contributed by atoms with Crippen LogP contribution in [0.4, 0.5) is 11.4 Å². The van der Waals surface area contributed by atoms with Gasteiger partial charge in [0.15, 0.2) is 0 Å². The molecule has 2 rings (SSSR count). The Hall–Kier alpha value is -1.35. The van der Waals surface area contributed by atoms with E-state index in [2.05, 4.69) is 15.4 Å². The molecular formula is C13H20ClN3O4S. The van der Waals surface area contributed by atoms with Gasteiger partial charge in [-0.05, 0) is 25.1 Å². The fourth-order valence-electron chi connectivity index (χ4n) is 2.12. The normalized spacial score (nSPS) is 21.5. The second-order valence-corrected chi connectivity index (χ2v) is 6.70. The first-order valence-corrected chi connectivity index (χ1v) is 8.48. The number of benzene rings is 1. The number of carbonyl (C=O) groups is 1. The summed E-state index contributed by atoms with van der Waals surface area (Å²) in [5, 5.41) is 5.85. The summed E-state index contributed by atoms with van der Waals surface area (Å²) in [5.41, 5.74) is 0.921. The van der Waals surface area contributed by atoms with E-state index in [4.69, 9.17) is 4.74 Å². The van der Waals surface area contributed by atoms with Gasteiger partial charge in [0, 0.05) is 12.2 Å². The van der Waals surface area contributed by atoms with Crippen LogP contribution in [0.3, 0.4) is 0 Å². The van der Waals surface area contributed by atoms with Gasteiger partial charge in [0.25, 0.3) is 0 Å². The van der Waals surface area contributed by atoms with Gasteiger partial charge < -0.3 is 15.4 Å². The van der Waals surface area contributed by atoms with Crippen LogP contribution in [0, 0.1) is 0 Å². The van der Waals surface area contributed by atoms with Crippen LogP contribution in [0.15, 0.2) is 24.3 Å². The van der Waals surface area contributed by atoms with E-state index in [1.54, 1.807) is 24.3 Å². The lowest BCUT2D eigenvalue weighted by Crippen LogP contribution is -2.53. The first-order chi connectivity index (χ1) is 9.85. The number of carbonyl (C=O) groups excluding carboxylic acids is 1. The van der Waals surface area contributed by atoms with Crippen LogP contribution < -0.4 is 15.4 Å². The average Bonchev–Trinajstić information content (AvgIpc) is 2.37. The third-order valence-corrected chi connectivity index (χ3v) is 3.64. The van der Waals surface area contributed by atoms with Crippen molar-refractivity contribution in [3.63, 3.8) is 0 Å². The molecule has 9 heteroatoms. The summed E-state index contributed by atoms with van der Waals surface area (Å²) >= 11 is 0. The lowest BCUT2D eigenvalue weighted by atomic mass is 10.1. The van der Waals surface area contributed by atoms with Crippen LogP contribution in [0.2, 0.25) is 0 Å². The number of halogens is 1. The van der Waals surface area contributed by atoms with Crippen molar-refractivity contribution in [2.24, 2.45) is 0 Å². The summed E-state index contributed by atoms with van der Waals surface area (Å²) in [4.78, 5) is 12.2. The number of hydrogen-bond acceptors (Lipinski definition) is 5. The van der Waals surface area contributed by atoms with E-state index in [-0.39, 0.29) is 24.4 Å². The van der Waals surface area contributed by atoms with E-state index in [1.807, 2.05) is 6.92 Å². The number of anilines is 2. The highest BCUT2D eigenvalue weighted by molar-refractivity contribution is 7.92. The third kappa shape index (κ3) is 5.45. The first kappa shape index (κ1) is 18.7. The second kappa shape index (κ2) is 7.77.